The van der Waals surface area contributed by atoms with Gasteiger partial charge in [0.1, 0.15) is 11.5 Å². The van der Waals surface area contributed by atoms with Gasteiger partial charge in [0.15, 0.2) is 11.5 Å². The Labute approximate surface area is 208 Å². The third-order valence-electron chi connectivity index (χ3n) is 8.22. The summed E-state index contributed by atoms with van der Waals surface area (Å²) in [5, 5.41) is 8.44. The van der Waals surface area contributed by atoms with E-state index in [4.69, 9.17) is 16.7 Å². The number of nitrogens with zero attached hydrogens (tertiary/aromatic N) is 2. The molecule has 1 heterocycles. The number of hydrogen-bond acceptors (Lipinski definition) is 2. The van der Waals surface area contributed by atoms with Crippen molar-refractivity contribution < 1.29 is 13.6 Å². The number of rotatable bonds is 4. The summed E-state index contributed by atoms with van der Waals surface area (Å²) in [4.78, 5) is 13.8. The number of hydrogen-bond donors (Lipinski definition) is 1. The molecule has 4 aliphatic rings. The number of amides is 1. The van der Waals surface area contributed by atoms with Crippen molar-refractivity contribution >= 4 is 17.5 Å². The molecule has 0 saturated heterocycles. The van der Waals surface area contributed by atoms with Crippen molar-refractivity contribution in [2.75, 3.05) is 0 Å². The Kier molecular flexibility index (Phi) is 5.29. The maximum absolute atomic E-state index is 15.0. The molecule has 4 nitrogen and oxygen atoms in total. The van der Waals surface area contributed by atoms with Crippen LogP contribution < -0.4 is 5.32 Å². The number of carbonyl (C=O) groups excluding carboxylic acids is 1. The summed E-state index contributed by atoms with van der Waals surface area (Å²) in [6, 6.07) is 11.0. The van der Waals surface area contributed by atoms with Crippen LogP contribution in [0, 0.1) is 23.5 Å². The van der Waals surface area contributed by atoms with E-state index in [1.54, 1.807) is 10.7 Å². The first-order valence-electron chi connectivity index (χ1n) is 12.4. The minimum Gasteiger partial charge on any atom is -0.342 e. The molecular weight excluding hydrogens is 468 g/mol. The topological polar surface area (TPSA) is 46.9 Å². The molecule has 2 saturated carbocycles. The van der Waals surface area contributed by atoms with Gasteiger partial charge >= 0.3 is 0 Å². The minimum absolute atomic E-state index is 0.188. The van der Waals surface area contributed by atoms with E-state index >= 15 is 0 Å². The molecule has 0 aliphatic heterocycles. The van der Waals surface area contributed by atoms with Gasteiger partial charge in [0.2, 0.25) is 0 Å². The van der Waals surface area contributed by atoms with Gasteiger partial charge in [0, 0.05) is 22.6 Å². The molecule has 2 fully saturated rings. The molecule has 3 aromatic rings. The molecule has 2 atom stereocenters. The number of carbonyl (C=O) groups is 1. The zero-order valence-electron chi connectivity index (χ0n) is 19.8. The molecule has 0 radical (unpaired) electrons. The molecule has 7 rings (SSSR count). The molecule has 1 amide bonds. The molecule has 35 heavy (non-hydrogen) atoms. The van der Waals surface area contributed by atoms with Gasteiger partial charge in [0.05, 0.1) is 11.2 Å². The van der Waals surface area contributed by atoms with Crippen LogP contribution in [0.25, 0.3) is 5.69 Å². The summed E-state index contributed by atoms with van der Waals surface area (Å²) in [6.07, 6.45) is 5.36. The van der Waals surface area contributed by atoms with Crippen LogP contribution in [0.2, 0.25) is 5.02 Å². The standard InChI is InChI=1S/C28H28ClF2N3O/c1-28(2,20-5-3-4-6-21(20)29)32-27(35)25-24-17-10-15-9-16(11-17)13-18(12-15)26(24)34(33-25)23-8-7-19(30)14-22(23)31/h3-8,14-18H,9-13H2,1-2H3,(H,32,35). The summed E-state index contributed by atoms with van der Waals surface area (Å²) in [5.41, 5.74) is 2.50. The lowest BCUT2D eigenvalue weighted by molar-refractivity contribution is 0.0903. The van der Waals surface area contributed by atoms with Gasteiger partial charge in [-0.2, -0.15) is 5.10 Å². The fourth-order valence-corrected chi connectivity index (χ4v) is 7.30. The fraction of sp³-hybridized carbons (Fsp3) is 0.429. The maximum Gasteiger partial charge on any atom is 0.272 e. The van der Waals surface area contributed by atoms with E-state index in [0.29, 0.717) is 22.6 Å². The monoisotopic (exact) mass is 495 g/mol. The Morgan fingerprint density at radius 3 is 2.40 bits per heavy atom. The quantitative estimate of drug-likeness (QED) is 0.429. The summed E-state index contributed by atoms with van der Waals surface area (Å²) in [6.45, 7) is 3.82. The first-order chi connectivity index (χ1) is 16.7. The Balaban J connectivity index is 1.48. The van der Waals surface area contributed by atoms with Crippen LogP contribution in [-0.2, 0) is 5.54 Å². The van der Waals surface area contributed by atoms with Crippen LogP contribution in [0.1, 0.15) is 85.1 Å². The van der Waals surface area contributed by atoms with Crippen molar-refractivity contribution in [3.63, 3.8) is 0 Å². The van der Waals surface area contributed by atoms with Crippen molar-refractivity contribution in [1.29, 1.82) is 0 Å². The van der Waals surface area contributed by atoms with Crippen LogP contribution in [0.4, 0.5) is 8.78 Å². The molecule has 182 valence electrons. The van der Waals surface area contributed by atoms with Gasteiger partial charge in [-0.1, -0.05) is 29.8 Å². The third-order valence-corrected chi connectivity index (χ3v) is 8.55. The van der Waals surface area contributed by atoms with Gasteiger partial charge in [-0.05, 0) is 87.5 Å². The average Bonchev–Trinajstić information content (AvgIpc) is 3.10. The predicted molar refractivity (Wildman–Crippen MR) is 131 cm³/mol. The summed E-state index contributed by atoms with van der Waals surface area (Å²) in [7, 11) is 0. The second-order valence-electron chi connectivity index (χ2n) is 11.0. The van der Waals surface area contributed by atoms with Gasteiger partial charge in [0.25, 0.3) is 5.91 Å². The van der Waals surface area contributed by atoms with E-state index in [0.717, 1.165) is 48.6 Å². The molecule has 2 aromatic carbocycles. The summed E-state index contributed by atoms with van der Waals surface area (Å²) >= 11 is 6.44. The molecule has 4 bridgehead atoms. The normalized spacial score (nSPS) is 24.8. The smallest absolute Gasteiger partial charge is 0.272 e. The van der Waals surface area contributed by atoms with Crippen LogP contribution in [0.3, 0.4) is 0 Å². The van der Waals surface area contributed by atoms with E-state index in [1.165, 1.54) is 18.6 Å². The highest BCUT2D eigenvalue weighted by molar-refractivity contribution is 6.31. The van der Waals surface area contributed by atoms with Crippen molar-refractivity contribution in [3.8, 4) is 5.69 Å². The van der Waals surface area contributed by atoms with Gasteiger partial charge in [-0.15, -0.1) is 0 Å². The average molecular weight is 496 g/mol. The van der Waals surface area contributed by atoms with Crippen molar-refractivity contribution in [1.82, 2.24) is 15.1 Å². The molecular formula is C28H28ClF2N3O. The Morgan fingerprint density at radius 2 is 1.71 bits per heavy atom. The minimum atomic E-state index is -0.741. The third kappa shape index (κ3) is 3.77. The van der Waals surface area contributed by atoms with E-state index in [2.05, 4.69) is 5.32 Å². The van der Waals surface area contributed by atoms with Crippen LogP contribution in [0.15, 0.2) is 42.5 Å². The first-order valence-corrected chi connectivity index (χ1v) is 12.7. The summed E-state index contributed by atoms with van der Waals surface area (Å²) in [5.74, 6) is 0.0676. The van der Waals surface area contributed by atoms with E-state index in [1.807, 2.05) is 32.0 Å². The number of halogens is 3. The van der Waals surface area contributed by atoms with Gasteiger partial charge in [-0.25, -0.2) is 13.5 Å². The highest BCUT2D eigenvalue weighted by Crippen LogP contribution is 2.57. The molecule has 1 aromatic heterocycles. The van der Waals surface area contributed by atoms with Crippen LogP contribution in [-0.4, -0.2) is 15.7 Å². The SMILES string of the molecule is CC(C)(NC(=O)c1nn(-c2ccc(F)cc2F)c2c1C1CC3CC(C1)CC2C3)c1ccccc1Cl. The van der Waals surface area contributed by atoms with Crippen molar-refractivity contribution in [2.45, 2.75) is 63.3 Å². The summed E-state index contributed by atoms with van der Waals surface area (Å²) < 4.78 is 30.3. The largest absolute Gasteiger partial charge is 0.342 e. The first kappa shape index (κ1) is 22.7. The van der Waals surface area contributed by atoms with Crippen molar-refractivity contribution in [3.05, 3.63) is 81.6 Å². The molecule has 1 N–H and O–H groups in total. The zero-order chi connectivity index (χ0) is 24.5. The maximum atomic E-state index is 15.0. The second kappa shape index (κ2) is 8.16. The highest BCUT2D eigenvalue weighted by atomic mass is 35.5. The highest BCUT2D eigenvalue weighted by Gasteiger charge is 2.47. The van der Waals surface area contributed by atoms with E-state index in [9.17, 15) is 13.6 Å². The molecule has 0 spiro atoms. The zero-order valence-corrected chi connectivity index (χ0v) is 20.6. The molecule has 4 aliphatic carbocycles. The van der Waals surface area contributed by atoms with Crippen LogP contribution >= 0.6 is 11.6 Å². The Bertz CT molecular complexity index is 1320. The Morgan fingerprint density at radius 1 is 1.03 bits per heavy atom. The van der Waals surface area contributed by atoms with Gasteiger partial charge < -0.3 is 5.32 Å². The number of aromatic nitrogens is 2. The predicted octanol–water partition coefficient (Wildman–Crippen LogP) is 6.86. The van der Waals surface area contributed by atoms with E-state index < -0.39 is 17.2 Å². The molecule has 7 heteroatoms. The lowest BCUT2D eigenvalue weighted by atomic mass is 9.67. The number of nitrogens with one attached hydrogen (secondary N) is 1. The van der Waals surface area contributed by atoms with E-state index in [-0.39, 0.29) is 23.4 Å². The van der Waals surface area contributed by atoms with Crippen LogP contribution in [0.5, 0.6) is 0 Å². The lowest BCUT2D eigenvalue weighted by Gasteiger charge is -2.38. The van der Waals surface area contributed by atoms with Gasteiger partial charge in [-0.3, -0.25) is 4.79 Å². The Hall–Kier alpha value is -2.73. The van der Waals surface area contributed by atoms with Crippen molar-refractivity contribution in [2.24, 2.45) is 11.8 Å². The number of benzene rings is 2. The molecule has 2 unspecified atom stereocenters. The second-order valence-corrected chi connectivity index (χ2v) is 11.4. The fourth-order valence-electron chi connectivity index (χ4n) is 6.93. The lowest BCUT2D eigenvalue weighted by Crippen LogP contribution is -2.42.